The Hall–Kier alpha value is -1.21. The van der Waals surface area contributed by atoms with Gasteiger partial charge in [0.1, 0.15) is 0 Å². The Bertz CT molecular complexity index is 969. The molecule has 4 nitrogen and oxygen atoms in total. The summed E-state index contributed by atoms with van der Waals surface area (Å²) in [5.41, 5.74) is 1.19. The molecule has 2 unspecified atom stereocenters. The van der Waals surface area contributed by atoms with Crippen molar-refractivity contribution in [1.82, 2.24) is 9.55 Å². The van der Waals surface area contributed by atoms with Gasteiger partial charge < -0.3 is 14.0 Å². The number of ether oxygens (including phenoxy) is 2. The first-order valence-corrected chi connectivity index (χ1v) is 11.7. The minimum absolute atomic E-state index is 0.0428. The molecular weight excluding hydrogens is 463 g/mol. The standard InChI is InChI=1S/C22H21Cl3N2O2S/c23-17-3-1-16(2-4-17)7-8-22(14-27-10-9-26-15-27)28-12-19(29-22)13-30-21-11-18(24)5-6-20(21)25/h1-6,9-11,15,19H,7-8,12-14H2. The predicted molar refractivity (Wildman–Crippen MR) is 123 cm³/mol. The molecule has 30 heavy (non-hydrogen) atoms. The molecule has 0 N–H and O–H groups in total. The zero-order valence-electron chi connectivity index (χ0n) is 16.1. The van der Waals surface area contributed by atoms with Crippen LogP contribution in [0.15, 0.2) is 66.1 Å². The number of aryl methyl sites for hydroxylation is 1. The second-order valence-corrected chi connectivity index (χ2v) is 9.55. The van der Waals surface area contributed by atoms with Gasteiger partial charge in [0, 0.05) is 39.5 Å². The molecule has 0 aliphatic carbocycles. The van der Waals surface area contributed by atoms with E-state index in [1.165, 1.54) is 5.56 Å². The van der Waals surface area contributed by atoms with E-state index in [-0.39, 0.29) is 6.10 Å². The maximum atomic E-state index is 6.47. The van der Waals surface area contributed by atoms with Crippen LogP contribution in [0, 0.1) is 0 Å². The quantitative estimate of drug-likeness (QED) is 0.348. The Morgan fingerprint density at radius 3 is 2.67 bits per heavy atom. The first-order chi connectivity index (χ1) is 14.5. The lowest BCUT2D eigenvalue weighted by Crippen LogP contribution is -2.37. The predicted octanol–water partition coefficient (Wildman–Crippen LogP) is 6.38. The summed E-state index contributed by atoms with van der Waals surface area (Å²) in [5, 5.41) is 2.09. The van der Waals surface area contributed by atoms with E-state index in [9.17, 15) is 0 Å². The van der Waals surface area contributed by atoms with Crippen LogP contribution in [0.4, 0.5) is 0 Å². The van der Waals surface area contributed by atoms with Crippen LogP contribution in [-0.4, -0.2) is 33.8 Å². The van der Waals surface area contributed by atoms with Crippen LogP contribution in [-0.2, 0) is 22.4 Å². The van der Waals surface area contributed by atoms with Gasteiger partial charge in [-0.3, -0.25) is 0 Å². The average Bonchev–Trinajstić information content (AvgIpc) is 3.39. The van der Waals surface area contributed by atoms with Gasteiger partial charge in [-0.15, -0.1) is 11.8 Å². The van der Waals surface area contributed by atoms with E-state index in [0.29, 0.717) is 23.2 Å². The molecule has 3 aromatic rings. The Kier molecular flexibility index (Phi) is 7.29. The molecule has 1 aromatic heterocycles. The van der Waals surface area contributed by atoms with Crippen LogP contribution in [0.5, 0.6) is 0 Å². The lowest BCUT2D eigenvalue weighted by molar-refractivity contribution is -0.180. The highest BCUT2D eigenvalue weighted by Gasteiger charge is 2.41. The Morgan fingerprint density at radius 2 is 1.90 bits per heavy atom. The van der Waals surface area contributed by atoms with Crippen LogP contribution in [0.1, 0.15) is 12.0 Å². The zero-order valence-corrected chi connectivity index (χ0v) is 19.2. The number of benzene rings is 2. The van der Waals surface area contributed by atoms with Crippen molar-refractivity contribution in [3.63, 3.8) is 0 Å². The molecule has 1 aliphatic heterocycles. The molecular formula is C22H21Cl3N2O2S. The summed E-state index contributed by atoms with van der Waals surface area (Å²) in [4.78, 5) is 5.09. The van der Waals surface area contributed by atoms with Crippen LogP contribution in [0.25, 0.3) is 0 Å². The maximum Gasteiger partial charge on any atom is 0.187 e. The van der Waals surface area contributed by atoms with Gasteiger partial charge in [0.25, 0.3) is 0 Å². The molecule has 4 rings (SSSR count). The van der Waals surface area contributed by atoms with E-state index in [0.717, 1.165) is 28.5 Å². The zero-order chi connectivity index (χ0) is 21.0. The van der Waals surface area contributed by atoms with Crippen molar-refractivity contribution in [3.8, 4) is 0 Å². The number of hydrogen-bond donors (Lipinski definition) is 0. The number of imidazole rings is 1. The smallest absolute Gasteiger partial charge is 0.187 e. The highest BCUT2D eigenvalue weighted by Crippen LogP contribution is 2.35. The third-order valence-electron chi connectivity index (χ3n) is 4.92. The van der Waals surface area contributed by atoms with Crippen molar-refractivity contribution >= 4 is 46.6 Å². The van der Waals surface area contributed by atoms with E-state index < -0.39 is 5.79 Å². The molecule has 2 heterocycles. The van der Waals surface area contributed by atoms with E-state index in [1.54, 1.807) is 30.4 Å². The van der Waals surface area contributed by atoms with Gasteiger partial charge in [0.2, 0.25) is 0 Å². The van der Waals surface area contributed by atoms with Crippen LogP contribution >= 0.6 is 46.6 Å². The minimum Gasteiger partial charge on any atom is -0.345 e. The number of rotatable bonds is 8. The number of halogens is 3. The summed E-state index contributed by atoms with van der Waals surface area (Å²) in [7, 11) is 0. The minimum atomic E-state index is -0.705. The van der Waals surface area contributed by atoms with E-state index in [1.807, 2.05) is 47.2 Å². The second kappa shape index (κ2) is 9.94. The third-order valence-corrected chi connectivity index (χ3v) is 7.04. The maximum absolute atomic E-state index is 6.47. The highest BCUT2D eigenvalue weighted by atomic mass is 35.5. The molecule has 1 saturated heterocycles. The van der Waals surface area contributed by atoms with Crippen LogP contribution < -0.4 is 0 Å². The number of hydrogen-bond acceptors (Lipinski definition) is 4. The van der Waals surface area contributed by atoms with Crippen LogP contribution in [0.3, 0.4) is 0 Å². The number of nitrogens with zero attached hydrogens (tertiary/aromatic N) is 2. The number of thioether (sulfide) groups is 1. The molecule has 0 radical (unpaired) electrons. The summed E-state index contributed by atoms with van der Waals surface area (Å²) in [6.07, 6.45) is 6.97. The molecule has 0 saturated carbocycles. The van der Waals surface area contributed by atoms with Crippen molar-refractivity contribution in [1.29, 1.82) is 0 Å². The molecule has 2 aromatic carbocycles. The lowest BCUT2D eigenvalue weighted by Gasteiger charge is -2.28. The van der Waals surface area contributed by atoms with Gasteiger partial charge in [-0.25, -0.2) is 4.98 Å². The Morgan fingerprint density at radius 1 is 1.10 bits per heavy atom. The van der Waals surface area contributed by atoms with Crippen molar-refractivity contribution in [2.75, 3.05) is 12.4 Å². The fourth-order valence-corrected chi connectivity index (χ4v) is 5.00. The van der Waals surface area contributed by atoms with E-state index >= 15 is 0 Å². The van der Waals surface area contributed by atoms with Gasteiger partial charge in [-0.1, -0.05) is 46.9 Å². The first-order valence-electron chi connectivity index (χ1n) is 9.61. The van der Waals surface area contributed by atoms with Gasteiger partial charge in [0.05, 0.1) is 30.6 Å². The fraction of sp³-hybridized carbons (Fsp3) is 0.318. The van der Waals surface area contributed by atoms with Crippen molar-refractivity contribution in [2.45, 2.75) is 36.2 Å². The molecule has 0 bridgehead atoms. The van der Waals surface area contributed by atoms with Gasteiger partial charge >= 0.3 is 0 Å². The van der Waals surface area contributed by atoms with Gasteiger partial charge in [0.15, 0.2) is 5.79 Å². The van der Waals surface area contributed by atoms with Crippen LogP contribution in [0.2, 0.25) is 15.1 Å². The van der Waals surface area contributed by atoms with Gasteiger partial charge in [-0.05, 0) is 42.3 Å². The molecule has 0 spiro atoms. The summed E-state index contributed by atoms with van der Waals surface area (Å²) in [6, 6.07) is 13.4. The molecule has 8 heteroatoms. The topological polar surface area (TPSA) is 36.3 Å². The Balaban J connectivity index is 1.42. The molecule has 1 aliphatic rings. The van der Waals surface area contributed by atoms with Gasteiger partial charge in [-0.2, -0.15) is 0 Å². The lowest BCUT2D eigenvalue weighted by atomic mass is 10.0. The molecule has 1 fully saturated rings. The van der Waals surface area contributed by atoms with E-state index in [2.05, 4.69) is 4.98 Å². The largest absolute Gasteiger partial charge is 0.345 e. The summed E-state index contributed by atoms with van der Waals surface area (Å²) in [5.74, 6) is 0.0242. The number of aromatic nitrogens is 2. The monoisotopic (exact) mass is 482 g/mol. The summed E-state index contributed by atoms with van der Waals surface area (Å²) < 4.78 is 14.7. The summed E-state index contributed by atoms with van der Waals surface area (Å²) >= 11 is 20.0. The fourth-order valence-electron chi connectivity index (χ4n) is 3.41. The first kappa shape index (κ1) is 22.0. The second-order valence-electron chi connectivity index (χ2n) is 7.21. The normalized spacial score (nSPS) is 21.2. The average molecular weight is 484 g/mol. The van der Waals surface area contributed by atoms with Crippen molar-refractivity contribution < 1.29 is 9.47 Å². The third kappa shape index (κ3) is 5.72. The Labute approximate surface area is 195 Å². The molecule has 158 valence electrons. The SMILES string of the molecule is Clc1ccc(CCC2(Cn3ccnc3)OCC(CSc3cc(Cl)ccc3Cl)O2)cc1. The summed E-state index contributed by atoms with van der Waals surface area (Å²) in [6.45, 7) is 1.11. The van der Waals surface area contributed by atoms with E-state index in [4.69, 9.17) is 44.3 Å². The van der Waals surface area contributed by atoms with Crippen molar-refractivity contribution in [2.24, 2.45) is 0 Å². The van der Waals surface area contributed by atoms with Crippen molar-refractivity contribution in [3.05, 3.63) is 81.8 Å². The molecule has 0 amide bonds. The highest BCUT2D eigenvalue weighted by molar-refractivity contribution is 7.99. The molecule has 2 atom stereocenters.